The average molecular weight is 275 g/mol. The number of hydrogen-bond acceptors (Lipinski definition) is 6. The fourth-order valence-corrected chi connectivity index (χ4v) is 2.43. The minimum Gasteiger partial charge on any atom is -0.398 e. The van der Waals surface area contributed by atoms with E-state index < -0.39 is 10.0 Å². The molecule has 0 aromatic carbocycles. The summed E-state index contributed by atoms with van der Waals surface area (Å²) in [6, 6.07) is 1.43. The van der Waals surface area contributed by atoms with E-state index in [-0.39, 0.29) is 23.2 Å². The first-order valence-corrected chi connectivity index (χ1v) is 6.70. The number of nitrogens with zero attached hydrogens (tertiary/aromatic N) is 1. The molecule has 0 saturated carbocycles. The van der Waals surface area contributed by atoms with Crippen LogP contribution in [0.2, 0.25) is 0 Å². The molecular formula is C10H17N3O4S. The van der Waals surface area contributed by atoms with Gasteiger partial charge in [-0.15, -0.1) is 0 Å². The van der Waals surface area contributed by atoms with Gasteiger partial charge in [0.25, 0.3) is 0 Å². The summed E-state index contributed by atoms with van der Waals surface area (Å²) < 4.78 is 36.2. The van der Waals surface area contributed by atoms with Crippen LogP contribution in [0.4, 0.5) is 5.69 Å². The van der Waals surface area contributed by atoms with E-state index in [1.54, 1.807) is 0 Å². The Labute approximate surface area is 106 Å². The number of nitrogen functional groups attached to an aromatic ring is 1. The SMILES string of the molecule is COCC(CNS(=O)(=O)c1cnccc1N)OC. The molecule has 0 aliphatic heterocycles. The van der Waals surface area contributed by atoms with E-state index in [1.807, 2.05) is 0 Å². The Kier molecular flexibility index (Phi) is 5.48. The summed E-state index contributed by atoms with van der Waals surface area (Å²) in [5, 5.41) is 0. The Morgan fingerprint density at radius 2 is 2.22 bits per heavy atom. The average Bonchev–Trinajstić information content (AvgIpc) is 2.34. The number of pyridine rings is 1. The lowest BCUT2D eigenvalue weighted by Gasteiger charge is -2.15. The topological polar surface area (TPSA) is 104 Å². The molecule has 0 aliphatic carbocycles. The number of nitrogens with one attached hydrogen (secondary N) is 1. The van der Waals surface area contributed by atoms with Crippen LogP contribution in [0.1, 0.15) is 0 Å². The Morgan fingerprint density at radius 3 is 2.78 bits per heavy atom. The van der Waals surface area contributed by atoms with Crippen LogP contribution >= 0.6 is 0 Å². The van der Waals surface area contributed by atoms with E-state index in [0.29, 0.717) is 6.61 Å². The first kappa shape index (κ1) is 14.8. The maximum atomic E-state index is 12.0. The zero-order valence-corrected chi connectivity index (χ0v) is 11.1. The molecule has 0 bridgehead atoms. The van der Waals surface area contributed by atoms with Gasteiger partial charge in [-0.1, -0.05) is 0 Å². The normalized spacial score (nSPS) is 13.4. The molecule has 3 N–H and O–H groups in total. The van der Waals surface area contributed by atoms with Crippen LogP contribution in [0.25, 0.3) is 0 Å². The van der Waals surface area contributed by atoms with E-state index in [0.717, 1.165) is 0 Å². The quantitative estimate of drug-likeness (QED) is 0.702. The van der Waals surface area contributed by atoms with Crippen LogP contribution < -0.4 is 10.5 Å². The van der Waals surface area contributed by atoms with Gasteiger partial charge < -0.3 is 15.2 Å². The van der Waals surface area contributed by atoms with Crippen LogP contribution in [-0.2, 0) is 19.5 Å². The van der Waals surface area contributed by atoms with Gasteiger partial charge in [0.1, 0.15) is 4.90 Å². The van der Waals surface area contributed by atoms with Gasteiger partial charge >= 0.3 is 0 Å². The van der Waals surface area contributed by atoms with E-state index in [9.17, 15) is 8.42 Å². The van der Waals surface area contributed by atoms with Crippen molar-refractivity contribution in [3.8, 4) is 0 Å². The van der Waals surface area contributed by atoms with Gasteiger partial charge in [0.15, 0.2) is 0 Å². The molecule has 1 rings (SSSR count). The van der Waals surface area contributed by atoms with Crippen molar-refractivity contribution >= 4 is 15.7 Å². The summed E-state index contributed by atoms with van der Waals surface area (Å²) in [4.78, 5) is 3.70. The molecule has 0 aliphatic rings. The molecule has 0 amide bonds. The summed E-state index contributed by atoms with van der Waals surface area (Å²) in [6.07, 6.45) is 2.27. The minimum absolute atomic E-state index is 0.0442. The molecule has 8 heteroatoms. The summed E-state index contributed by atoms with van der Waals surface area (Å²) in [6.45, 7) is 0.391. The molecule has 102 valence electrons. The van der Waals surface area contributed by atoms with Crippen molar-refractivity contribution in [2.75, 3.05) is 33.1 Å². The number of aromatic nitrogens is 1. The highest BCUT2D eigenvalue weighted by molar-refractivity contribution is 7.89. The summed E-state index contributed by atoms with van der Waals surface area (Å²) in [7, 11) is -0.691. The predicted molar refractivity (Wildman–Crippen MR) is 66.5 cm³/mol. The van der Waals surface area contributed by atoms with E-state index in [2.05, 4.69) is 9.71 Å². The first-order valence-electron chi connectivity index (χ1n) is 5.22. The van der Waals surface area contributed by atoms with E-state index >= 15 is 0 Å². The smallest absolute Gasteiger partial charge is 0.244 e. The summed E-state index contributed by atoms with van der Waals surface area (Å²) >= 11 is 0. The lowest BCUT2D eigenvalue weighted by Crippen LogP contribution is -2.35. The molecular weight excluding hydrogens is 258 g/mol. The Balaban J connectivity index is 2.74. The van der Waals surface area contributed by atoms with E-state index in [1.165, 1.54) is 32.7 Å². The van der Waals surface area contributed by atoms with Gasteiger partial charge in [-0.25, -0.2) is 13.1 Å². The maximum absolute atomic E-state index is 12.0. The fourth-order valence-electron chi connectivity index (χ4n) is 1.29. The van der Waals surface area contributed by atoms with Crippen LogP contribution in [0.3, 0.4) is 0 Å². The Morgan fingerprint density at radius 1 is 1.50 bits per heavy atom. The van der Waals surface area contributed by atoms with Crippen molar-refractivity contribution in [1.82, 2.24) is 9.71 Å². The van der Waals surface area contributed by atoms with Crippen LogP contribution in [-0.4, -0.2) is 46.9 Å². The molecule has 1 heterocycles. The highest BCUT2D eigenvalue weighted by atomic mass is 32.2. The highest BCUT2D eigenvalue weighted by Crippen LogP contribution is 2.15. The molecule has 0 radical (unpaired) electrons. The zero-order chi connectivity index (χ0) is 13.6. The number of nitrogens with two attached hydrogens (primary N) is 1. The first-order chi connectivity index (χ1) is 8.51. The lowest BCUT2D eigenvalue weighted by molar-refractivity contribution is 0.0320. The maximum Gasteiger partial charge on any atom is 0.244 e. The number of methoxy groups -OCH3 is 2. The Hall–Kier alpha value is -1.22. The third-order valence-corrected chi connectivity index (χ3v) is 3.76. The molecule has 7 nitrogen and oxygen atoms in total. The molecule has 18 heavy (non-hydrogen) atoms. The van der Waals surface area contributed by atoms with Gasteiger partial charge in [0.05, 0.1) is 18.4 Å². The van der Waals surface area contributed by atoms with Gasteiger partial charge in [0, 0.05) is 33.2 Å². The van der Waals surface area contributed by atoms with Gasteiger partial charge in [0.2, 0.25) is 10.0 Å². The van der Waals surface area contributed by atoms with Gasteiger partial charge in [-0.3, -0.25) is 4.98 Å². The van der Waals surface area contributed by atoms with E-state index in [4.69, 9.17) is 15.2 Å². The number of ether oxygens (including phenoxy) is 2. The van der Waals surface area contributed by atoms with Crippen molar-refractivity contribution in [3.05, 3.63) is 18.5 Å². The van der Waals surface area contributed by atoms with Crippen molar-refractivity contribution in [1.29, 1.82) is 0 Å². The highest BCUT2D eigenvalue weighted by Gasteiger charge is 2.19. The third kappa shape index (κ3) is 3.91. The second kappa shape index (κ2) is 6.64. The molecule has 0 saturated heterocycles. The predicted octanol–water partition coefficient (Wildman–Crippen LogP) is -0.396. The van der Waals surface area contributed by atoms with Gasteiger partial charge in [-0.2, -0.15) is 0 Å². The number of hydrogen-bond donors (Lipinski definition) is 2. The summed E-state index contributed by atoms with van der Waals surface area (Å²) in [5.41, 5.74) is 5.74. The van der Waals surface area contributed by atoms with Crippen LogP contribution in [0.15, 0.2) is 23.4 Å². The van der Waals surface area contributed by atoms with Gasteiger partial charge in [-0.05, 0) is 6.07 Å². The van der Waals surface area contributed by atoms with Crippen LogP contribution in [0.5, 0.6) is 0 Å². The number of sulfonamides is 1. The molecule has 1 aromatic rings. The fraction of sp³-hybridized carbons (Fsp3) is 0.500. The minimum atomic E-state index is -3.69. The molecule has 0 spiro atoms. The third-order valence-electron chi connectivity index (χ3n) is 2.29. The molecule has 0 fully saturated rings. The number of anilines is 1. The van der Waals surface area contributed by atoms with Crippen LogP contribution in [0, 0.1) is 0 Å². The zero-order valence-electron chi connectivity index (χ0n) is 10.3. The van der Waals surface area contributed by atoms with Crippen molar-refractivity contribution in [2.24, 2.45) is 0 Å². The van der Waals surface area contributed by atoms with Crippen molar-refractivity contribution < 1.29 is 17.9 Å². The molecule has 1 aromatic heterocycles. The monoisotopic (exact) mass is 275 g/mol. The summed E-state index contributed by atoms with van der Waals surface area (Å²) in [5.74, 6) is 0. The second-order valence-corrected chi connectivity index (χ2v) is 5.31. The molecule has 1 unspecified atom stereocenters. The van der Waals surface area contributed by atoms with Crippen molar-refractivity contribution in [2.45, 2.75) is 11.0 Å². The molecule has 1 atom stereocenters. The number of rotatable bonds is 7. The lowest BCUT2D eigenvalue weighted by atomic mass is 10.4. The Bertz CT molecular complexity index is 478. The standard InChI is InChI=1S/C10H17N3O4S/c1-16-7-8(17-2)5-13-18(14,15)10-6-12-4-3-9(10)11/h3-4,6,8,13H,5,7H2,1-2H3,(H2,11,12). The van der Waals surface area contributed by atoms with Crippen molar-refractivity contribution in [3.63, 3.8) is 0 Å². The second-order valence-electron chi connectivity index (χ2n) is 3.58. The largest absolute Gasteiger partial charge is 0.398 e.